The van der Waals surface area contributed by atoms with Crippen LogP contribution >= 0.6 is 11.8 Å². The van der Waals surface area contributed by atoms with Crippen LogP contribution in [-0.4, -0.2) is 53.1 Å². The van der Waals surface area contributed by atoms with Gasteiger partial charge in [0.2, 0.25) is 0 Å². The second-order valence-electron chi connectivity index (χ2n) is 3.26. The maximum Gasteiger partial charge on any atom is 0.323 e. The second-order valence-corrected chi connectivity index (χ2v) is 4.17. The molecule has 0 saturated heterocycles. The molecule has 0 radical (unpaired) electrons. The van der Waals surface area contributed by atoms with Crippen LogP contribution < -0.4 is 5.32 Å². The number of carbonyl (C=O) groups excluding carboxylic acids is 1. The smallest absolute Gasteiger partial charge is 0.323 e. The molecule has 0 aromatic carbocycles. The molecule has 2 N–H and O–H groups in total. The number of thioether (sulfide) groups is 1. The molecule has 0 aromatic rings. The zero-order valence-electron chi connectivity index (χ0n) is 9.40. The van der Waals surface area contributed by atoms with E-state index in [1.165, 1.54) is 0 Å². The SMILES string of the molecule is C#CCN(CC(=O)O)C(=O)NC(C)CSC. The van der Waals surface area contributed by atoms with Crippen LogP contribution in [-0.2, 0) is 4.79 Å². The molecule has 1 atom stereocenters. The Morgan fingerprint density at radius 2 is 2.25 bits per heavy atom. The molecule has 0 heterocycles. The highest BCUT2D eigenvalue weighted by molar-refractivity contribution is 7.98. The molecule has 0 bridgehead atoms. The van der Waals surface area contributed by atoms with Crippen molar-refractivity contribution in [2.75, 3.05) is 25.1 Å². The highest BCUT2D eigenvalue weighted by Crippen LogP contribution is 1.98. The zero-order chi connectivity index (χ0) is 12.6. The largest absolute Gasteiger partial charge is 0.480 e. The van der Waals surface area contributed by atoms with Crippen LogP contribution in [0.15, 0.2) is 0 Å². The molecule has 2 amide bonds. The lowest BCUT2D eigenvalue weighted by Gasteiger charge is -2.21. The number of carboxylic acids is 1. The van der Waals surface area contributed by atoms with Crippen LogP contribution in [0.5, 0.6) is 0 Å². The quantitative estimate of drug-likeness (QED) is 0.666. The van der Waals surface area contributed by atoms with Crippen LogP contribution in [0.4, 0.5) is 4.79 Å². The number of aliphatic carboxylic acids is 1. The Morgan fingerprint density at radius 3 is 2.69 bits per heavy atom. The first-order valence-electron chi connectivity index (χ1n) is 4.70. The van der Waals surface area contributed by atoms with Crippen molar-refractivity contribution in [1.29, 1.82) is 0 Å². The number of nitrogens with one attached hydrogen (secondary N) is 1. The van der Waals surface area contributed by atoms with Gasteiger partial charge in [-0.3, -0.25) is 4.79 Å². The number of urea groups is 1. The predicted molar refractivity (Wildman–Crippen MR) is 64.4 cm³/mol. The van der Waals surface area contributed by atoms with E-state index in [4.69, 9.17) is 11.5 Å². The molecule has 0 fully saturated rings. The topological polar surface area (TPSA) is 69.6 Å². The lowest BCUT2D eigenvalue weighted by molar-refractivity contribution is -0.137. The van der Waals surface area contributed by atoms with Gasteiger partial charge in [0.05, 0.1) is 6.54 Å². The summed E-state index contributed by atoms with van der Waals surface area (Å²) in [6.07, 6.45) is 6.99. The molecular weight excluding hydrogens is 228 g/mol. The number of carbonyl (C=O) groups is 2. The summed E-state index contributed by atoms with van der Waals surface area (Å²) in [7, 11) is 0. The lowest BCUT2D eigenvalue weighted by atomic mass is 10.4. The van der Waals surface area contributed by atoms with Crippen molar-refractivity contribution >= 4 is 23.8 Å². The number of terminal acetylenes is 1. The molecule has 0 aliphatic carbocycles. The normalized spacial score (nSPS) is 11.3. The van der Waals surface area contributed by atoms with Gasteiger partial charge in [-0.25, -0.2) is 4.79 Å². The summed E-state index contributed by atoms with van der Waals surface area (Å²) < 4.78 is 0. The van der Waals surface area contributed by atoms with Crippen molar-refractivity contribution in [2.45, 2.75) is 13.0 Å². The Hall–Kier alpha value is -1.35. The maximum absolute atomic E-state index is 11.6. The molecule has 0 aromatic heterocycles. The summed E-state index contributed by atoms with van der Waals surface area (Å²) in [6, 6.07) is -0.460. The molecule has 0 spiro atoms. The monoisotopic (exact) mass is 244 g/mol. The third-order valence-corrected chi connectivity index (χ3v) is 2.52. The summed E-state index contributed by atoms with van der Waals surface area (Å²) in [4.78, 5) is 23.2. The average molecular weight is 244 g/mol. The van der Waals surface area contributed by atoms with Gasteiger partial charge in [-0.15, -0.1) is 6.42 Å². The Kier molecular flexibility index (Phi) is 7.21. The highest BCUT2D eigenvalue weighted by atomic mass is 32.2. The van der Waals surface area contributed by atoms with Crippen molar-refractivity contribution in [2.24, 2.45) is 0 Å². The molecule has 0 aliphatic rings. The van der Waals surface area contributed by atoms with E-state index in [2.05, 4.69) is 11.2 Å². The number of nitrogens with zero attached hydrogens (tertiary/aromatic N) is 1. The number of hydrogen-bond donors (Lipinski definition) is 2. The molecule has 90 valence electrons. The lowest BCUT2D eigenvalue weighted by Crippen LogP contribution is -2.46. The fourth-order valence-corrected chi connectivity index (χ4v) is 1.65. The minimum absolute atomic E-state index is 0.00980. The molecule has 1 unspecified atom stereocenters. The minimum atomic E-state index is -1.08. The van der Waals surface area contributed by atoms with Crippen LogP contribution in [0.3, 0.4) is 0 Å². The number of amides is 2. The summed E-state index contributed by atoms with van der Waals surface area (Å²) in [5, 5.41) is 11.3. The van der Waals surface area contributed by atoms with E-state index >= 15 is 0 Å². The van der Waals surface area contributed by atoms with Crippen molar-refractivity contribution in [3.05, 3.63) is 0 Å². The van der Waals surface area contributed by atoms with Gasteiger partial charge in [-0.05, 0) is 13.2 Å². The summed E-state index contributed by atoms with van der Waals surface area (Å²) >= 11 is 1.60. The van der Waals surface area contributed by atoms with E-state index in [1.807, 2.05) is 13.2 Å². The Morgan fingerprint density at radius 1 is 1.62 bits per heavy atom. The minimum Gasteiger partial charge on any atom is -0.480 e. The Balaban J connectivity index is 4.27. The fraction of sp³-hybridized carbons (Fsp3) is 0.600. The van der Waals surface area contributed by atoms with E-state index in [0.29, 0.717) is 0 Å². The molecule has 5 nitrogen and oxygen atoms in total. The first kappa shape index (κ1) is 14.6. The predicted octanol–water partition coefficient (Wildman–Crippen LogP) is 0.467. The van der Waals surface area contributed by atoms with E-state index in [9.17, 15) is 9.59 Å². The molecule has 0 aliphatic heterocycles. The zero-order valence-corrected chi connectivity index (χ0v) is 10.2. The molecule has 0 rings (SSSR count). The molecule has 0 saturated carbocycles. The molecular formula is C10H16N2O3S. The van der Waals surface area contributed by atoms with Crippen LogP contribution in [0, 0.1) is 12.3 Å². The van der Waals surface area contributed by atoms with Gasteiger partial charge in [0, 0.05) is 11.8 Å². The third kappa shape index (κ3) is 6.19. The van der Waals surface area contributed by atoms with Crippen LogP contribution in [0.2, 0.25) is 0 Å². The standard InChI is InChI=1S/C10H16N2O3S/c1-4-5-12(6-9(13)14)10(15)11-8(2)7-16-3/h1,8H,5-7H2,2-3H3,(H,11,15)(H,13,14). The van der Waals surface area contributed by atoms with Gasteiger partial charge in [-0.1, -0.05) is 5.92 Å². The Bertz CT molecular complexity index is 288. The third-order valence-electron chi connectivity index (χ3n) is 1.68. The van der Waals surface area contributed by atoms with Crippen molar-refractivity contribution < 1.29 is 14.7 Å². The maximum atomic E-state index is 11.6. The molecule has 16 heavy (non-hydrogen) atoms. The van der Waals surface area contributed by atoms with Crippen molar-refractivity contribution in [3.8, 4) is 12.3 Å². The number of hydrogen-bond acceptors (Lipinski definition) is 3. The summed E-state index contributed by atoms with van der Waals surface area (Å²) in [6.45, 7) is 1.45. The number of carboxylic acid groups (broad SMARTS) is 1. The van der Waals surface area contributed by atoms with Crippen molar-refractivity contribution in [1.82, 2.24) is 10.2 Å². The first-order valence-corrected chi connectivity index (χ1v) is 6.10. The van der Waals surface area contributed by atoms with Gasteiger partial charge < -0.3 is 15.3 Å². The summed E-state index contributed by atoms with van der Waals surface area (Å²) in [5.74, 6) is 1.94. The van der Waals surface area contributed by atoms with E-state index in [1.54, 1.807) is 11.8 Å². The van der Waals surface area contributed by atoms with Gasteiger partial charge in [-0.2, -0.15) is 11.8 Å². The molecule has 6 heteroatoms. The second kappa shape index (κ2) is 7.88. The van der Waals surface area contributed by atoms with E-state index in [-0.39, 0.29) is 19.1 Å². The van der Waals surface area contributed by atoms with Crippen molar-refractivity contribution in [3.63, 3.8) is 0 Å². The van der Waals surface area contributed by atoms with Gasteiger partial charge in [0.1, 0.15) is 6.54 Å². The van der Waals surface area contributed by atoms with Crippen LogP contribution in [0.25, 0.3) is 0 Å². The van der Waals surface area contributed by atoms with Gasteiger partial charge in [0.15, 0.2) is 0 Å². The van der Waals surface area contributed by atoms with Gasteiger partial charge >= 0.3 is 12.0 Å². The number of rotatable bonds is 6. The summed E-state index contributed by atoms with van der Waals surface area (Å²) in [5.41, 5.74) is 0. The van der Waals surface area contributed by atoms with E-state index in [0.717, 1.165) is 10.7 Å². The average Bonchev–Trinajstić information content (AvgIpc) is 2.16. The van der Waals surface area contributed by atoms with Crippen LogP contribution in [0.1, 0.15) is 6.92 Å². The Labute approximate surface area is 99.6 Å². The first-order chi connectivity index (χ1) is 7.51. The van der Waals surface area contributed by atoms with E-state index < -0.39 is 12.0 Å². The highest BCUT2D eigenvalue weighted by Gasteiger charge is 2.17. The fourth-order valence-electron chi connectivity index (χ4n) is 1.07. The van der Waals surface area contributed by atoms with Gasteiger partial charge in [0.25, 0.3) is 0 Å².